The summed E-state index contributed by atoms with van der Waals surface area (Å²) in [5.41, 5.74) is 1.35. The van der Waals surface area contributed by atoms with Gasteiger partial charge in [0.1, 0.15) is 0 Å². The lowest BCUT2D eigenvalue weighted by atomic mass is 10.1. The third kappa shape index (κ3) is 2.91. The highest BCUT2D eigenvalue weighted by Gasteiger charge is 2.12. The predicted molar refractivity (Wildman–Crippen MR) is 99.6 cm³/mol. The van der Waals surface area contributed by atoms with E-state index in [4.69, 9.17) is 0 Å². The lowest BCUT2D eigenvalue weighted by Crippen LogP contribution is -2.14. The fourth-order valence-electron chi connectivity index (χ4n) is 2.46. The van der Waals surface area contributed by atoms with Crippen molar-refractivity contribution in [1.29, 1.82) is 0 Å². The summed E-state index contributed by atoms with van der Waals surface area (Å²) in [6.45, 7) is 3.09. The summed E-state index contributed by atoms with van der Waals surface area (Å²) in [7, 11) is 4.14. The molecule has 0 radical (unpaired) electrons. The van der Waals surface area contributed by atoms with Crippen LogP contribution in [-0.4, -0.2) is 31.3 Å². The normalized spacial score (nSPS) is 11.6. The molecule has 0 aliphatic heterocycles. The average molecular weight is 329 g/mol. The van der Waals surface area contributed by atoms with Crippen LogP contribution in [0.2, 0.25) is 0 Å². The molecule has 0 aliphatic carbocycles. The quantitative estimate of drug-likeness (QED) is 0.523. The first kappa shape index (κ1) is 15.5. The molecule has 0 amide bonds. The maximum atomic E-state index is 12.9. The molecule has 1 heterocycles. The molecule has 1 aromatic heterocycles. The van der Waals surface area contributed by atoms with Gasteiger partial charge in [-0.3, -0.25) is 4.79 Å². The van der Waals surface area contributed by atoms with E-state index in [-0.39, 0.29) is 5.43 Å². The van der Waals surface area contributed by atoms with Crippen LogP contribution in [-0.2, 0) is 0 Å². The second-order valence-electron chi connectivity index (χ2n) is 5.66. The van der Waals surface area contributed by atoms with Crippen molar-refractivity contribution >= 4 is 43.3 Å². The fourth-order valence-corrected chi connectivity index (χ4v) is 4.88. The molecular weight excluding hydrogens is 310 g/mol. The van der Waals surface area contributed by atoms with Gasteiger partial charge in [0.15, 0.2) is 5.43 Å². The average Bonchev–Trinajstić information content (AvgIpc) is 2.50. The molecule has 0 bridgehead atoms. The van der Waals surface area contributed by atoms with Gasteiger partial charge in [-0.1, -0.05) is 18.2 Å². The lowest BCUT2D eigenvalue weighted by molar-refractivity contribution is 0.437. The van der Waals surface area contributed by atoms with Gasteiger partial charge in [-0.2, -0.15) is 0 Å². The Hall–Kier alpha value is -1.36. The van der Waals surface area contributed by atoms with Crippen LogP contribution in [0.5, 0.6) is 0 Å². The second-order valence-corrected chi connectivity index (χ2v) is 7.85. The summed E-state index contributed by atoms with van der Waals surface area (Å²) in [4.78, 5) is 16.2. The molecule has 2 nitrogen and oxygen atoms in total. The lowest BCUT2D eigenvalue weighted by Gasteiger charge is -2.11. The highest BCUT2D eigenvalue weighted by atomic mass is 32.2. The van der Waals surface area contributed by atoms with E-state index in [0.29, 0.717) is 0 Å². The Morgan fingerprint density at radius 3 is 2.68 bits per heavy atom. The zero-order valence-corrected chi connectivity index (χ0v) is 14.7. The molecule has 0 fully saturated rings. The molecule has 0 aliphatic rings. The minimum absolute atomic E-state index is 0.167. The van der Waals surface area contributed by atoms with Crippen molar-refractivity contribution < 1.29 is 0 Å². The summed E-state index contributed by atoms with van der Waals surface area (Å²) >= 11 is 3.50. The van der Waals surface area contributed by atoms with Crippen LogP contribution in [0, 0.1) is 6.92 Å². The molecule has 114 valence electrons. The van der Waals surface area contributed by atoms with Crippen LogP contribution in [0.3, 0.4) is 0 Å². The van der Waals surface area contributed by atoms with Crippen molar-refractivity contribution in [1.82, 2.24) is 4.90 Å². The molecular formula is C18H19NOS2. The number of thioether (sulfide) groups is 1. The van der Waals surface area contributed by atoms with Crippen LogP contribution in [0.25, 0.3) is 20.2 Å². The van der Waals surface area contributed by atoms with Gasteiger partial charge in [0, 0.05) is 32.0 Å². The fraction of sp³-hybridized carbons (Fsp3) is 0.278. The Balaban J connectivity index is 2.19. The number of fused-ring (bicyclic) bond motifs is 2. The molecule has 3 rings (SSSR count). The molecule has 4 heteroatoms. The van der Waals surface area contributed by atoms with Gasteiger partial charge in [0.05, 0.1) is 5.39 Å². The predicted octanol–water partition coefficient (Wildman–Crippen LogP) is 4.38. The van der Waals surface area contributed by atoms with E-state index in [0.717, 1.165) is 37.4 Å². The smallest absolute Gasteiger partial charge is 0.197 e. The zero-order chi connectivity index (χ0) is 15.7. The Morgan fingerprint density at radius 1 is 1.14 bits per heavy atom. The van der Waals surface area contributed by atoms with E-state index in [1.54, 1.807) is 23.1 Å². The molecule has 3 aromatic rings. The second kappa shape index (κ2) is 6.41. The molecule has 22 heavy (non-hydrogen) atoms. The first-order valence-corrected chi connectivity index (χ1v) is 9.11. The SMILES string of the molecule is Cc1ccc(SCCN(C)C)c2c(=O)c3ccccc3sc12. The number of hydrogen-bond acceptors (Lipinski definition) is 4. The van der Waals surface area contributed by atoms with Gasteiger partial charge in [-0.15, -0.1) is 23.1 Å². The van der Waals surface area contributed by atoms with Crippen molar-refractivity contribution in [3.8, 4) is 0 Å². The molecule has 0 saturated carbocycles. The van der Waals surface area contributed by atoms with Crippen molar-refractivity contribution in [3.63, 3.8) is 0 Å². The van der Waals surface area contributed by atoms with Crippen LogP contribution in [0.15, 0.2) is 46.1 Å². The maximum absolute atomic E-state index is 12.9. The highest BCUT2D eigenvalue weighted by Crippen LogP contribution is 2.33. The molecule has 0 unspecified atom stereocenters. The summed E-state index contributed by atoms with van der Waals surface area (Å²) < 4.78 is 2.19. The van der Waals surface area contributed by atoms with E-state index in [9.17, 15) is 4.79 Å². The van der Waals surface area contributed by atoms with E-state index >= 15 is 0 Å². The number of hydrogen-bond donors (Lipinski definition) is 0. The first-order valence-electron chi connectivity index (χ1n) is 7.30. The van der Waals surface area contributed by atoms with E-state index < -0.39 is 0 Å². The van der Waals surface area contributed by atoms with Crippen LogP contribution in [0.4, 0.5) is 0 Å². The molecule has 0 atom stereocenters. The van der Waals surface area contributed by atoms with Crippen LogP contribution in [0.1, 0.15) is 5.56 Å². The highest BCUT2D eigenvalue weighted by molar-refractivity contribution is 7.99. The largest absolute Gasteiger partial charge is 0.309 e. The summed E-state index contributed by atoms with van der Waals surface area (Å²) in [6.07, 6.45) is 0. The van der Waals surface area contributed by atoms with E-state index in [1.807, 2.05) is 24.3 Å². The molecule has 0 N–H and O–H groups in total. The van der Waals surface area contributed by atoms with Crippen LogP contribution < -0.4 is 5.43 Å². The Morgan fingerprint density at radius 2 is 1.91 bits per heavy atom. The standard InChI is InChI=1S/C18H19NOS2/c1-12-8-9-15(21-11-10-19(2)3)16-17(20)13-6-4-5-7-14(13)22-18(12)16/h4-9H,10-11H2,1-3H3. The van der Waals surface area contributed by atoms with E-state index in [2.05, 4.69) is 38.1 Å². The Kier molecular flexibility index (Phi) is 4.52. The zero-order valence-electron chi connectivity index (χ0n) is 13.1. The summed E-state index contributed by atoms with van der Waals surface area (Å²) in [6, 6.07) is 12.1. The minimum Gasteiger partial charge on any atom is -0.309 e. The van der Waals surface area contributed by atoms with Gasteiger partial charge >= 0.3 is 0 Å². The number of rotatable bonds is 4. The third-order valence-electron chi connectivity index (χ3n) is 3.68. The van der Waals surface area contributed by atoms with Crippen molar-refractivity contribution in [2.75, 3.05) is 26.4 Å². The van der Waals surface area contributed by atoms with Crippen molar-refractivity contribution in [2.45, 2.75) is 11.8 Å². The van der Waals surface area contributed by atoms with Gasteiger partial charge in [-0.25, -0.2) is 0 Å². The number of benzene rings is 2. The summed E-state index contributed by atoms with van der Waals surface area (Å²) in [5.74, 6) is 0.988. The van der Waals surface area contributed by atoms with Gasteiger partial charge < -0.3 is 4.90 Å². The minimum atomic E-state index is 0.167. The third-order valence-corrected chi connectivity index (χ3v) is 6.03. The molecule has 0 saturated heterocycles. The molecule has 0 spiro atoms. The van der Waals surface area contributed by atoms with Gasteiger partial charge in [0.25, 0.3) is 0 Å². The Labute approximate surface area is 138 Å². The first-order chi connectivity index (χ1) is 10.6. The Bertz CT molecular complexity index is 883. The maximum Gasteiger partial charge on any atom is 0.197 e. The van der Waals surface area contributed by atoms with Gasteiger partial charge in [0.2, 0.25) is 0 Å². The van der Waals surface area contributed by atoms with Crippen molar-refractivity contribution in [3.05, 3.63) is 52.2 Å². The summed E-state index contributed by atoms with van der Waals surface area (Å²) in [5, 5.41) is 1.73. The van der Waals surface area contributed by atoms with Crippen molar-refractivity contribution in [2.24, 2.45) is 0 Å². The van der Waals surface area contributed by atoms with Gasteiger partial charge in [-0.05, 0) is 44.8 Å². The van der Waals surface area contributed by atoms with E-state index in [1.165, 1.54) is 5.56 Å². The topological polar surface area (TPSA) is 20.3 Å². The molecule has 2 aromatic carbocycles. The number of nitrogens with zero attached hydrogens (tertiary/aromatic N) is 1. The number of aryl methyl sites for hydroxylation is 1. The van der Waals surface area contributed by atoms with Crippen LogP contribution >= 0.6 is 23.1 Å². The monoisotopic (exact) mass is 329 g/mol.